The number of hydrogen-bond acceptors (Lipinski definition) is 3. The van der Waals surface area contributed by atoms with E-state index >= 15 is 0 Å². The van der Waals surface area contributed by atoms with Crippen molar-refractivity contribution in [2.45, 2.75) is 64.0 Å². The summed E-state index contributed by atoms with van der Waals surface area (Å²) in [5.74, 6) is -1.17. The first-order chi connectivity index (χ1) is 8.39. The Bertz CT molecular complexity index is 307. The molecular formula is C13H24N2O3. The minimum atomic E-state index is -1.09. The Morgan fingerprint density at radius 1 is 1.17 bits per heavy atom. The zero-order valence-electron chi connectivity index (χ0n) is 11.2. The Kier molecular flexibility index (Phi) is 5.14. The molecule has 1 aliphatic carbocycles. The van der Waals surface area contributed by atoms with E-state index in [1.54, 1.807) is 13.8 Å². The van der Waals surface area contributed by atoms with Crippen molar-refractivity contribution in [2.24, 2.45) is 11.7 Å². The summed E-state index contributed by atoms with van der Waals surface area (Å²) in [6.45, 7) is 3.52. The number of primary amides is 1. The lowest BCUT2D eigenvalue weighted by Crippen LogP contribution is -2.59. The number of carbonyl (C=O) groups is 2. The van der Waals surface area contributed by atoms with Crippen LogP contribution in [0, 0.1) is 5.92 Å². The first-order valence-corrected chi connectivity index (χ1v) is 6.69. The van der Waals surface area contributed by atoms with Crippen molar-refractivity contribution in [1.29, 1.82) is 0 Å². The Balaban J connectivity index is 2.79. The number of nitrogens with two attached hydrogens (primary N) is 1. The molecule has 104 valence electrons. The fourth-order valence-corrected chi connectivity index (χ4v) is 2.38. The molecule has 0 unspecified atom stereocenters. The number of hydrogen-bond donors (Lipinski definition) is 3. The summed E-state index contributed by atoms with van der Waals surface area (Å²) < 4.78 is 0. The maximum atomic E-state index is 11.9. The average Bonchev–Trinajstić information content (AvgIpc) is 2.54. The minimum Gasteiger partial charge on any atom is -0.383 e. The van der Waals surface area contributed by atoms with Crippen molar-refractivity contribution >= 4 is 11.8 Å². The lowest BCUT2D eigenvalue weighted by Gasteiger charge is -2.32. The molecule has 0 saturated heterocycles. The maximum absolute atomic E-state index is 11.9. The van der Waals surface area contributed by atoms with Gasteiger partial charge in [-0.3, -0.25) is 9.59 Å². The first kappa shape index (κ1) is 15.0. The lowest BCUT2D eigenvalue weighted by atomic mass is 9.88. The van der Waals surface area contributed by atoms with Gasteiger partial charge in [-0.1, -0.05) is 39.5 Å². The van der Waals surface area contributed by atoms with Gasteiger partial charge in [0.15, 0.2) is 0 Å². The molecule has 0 aromatic rings. The van der Waals surface area contributed by atoms with Gasteiger partial charge < -0.3 is 16.2 Å². The molecule has 18 heavy (non-hydrogen) atoms. The van der Waals surface area contributed by atoms with Gasteiger partial charge in [-0.15, -0.1) is 0 Å². The van der Waals surface area contributed by atoms with E-state index in [1.807, 2.05) is 0 Å². The second kappa shape index (κ2) is 6.18. The molecule has 2 amide bonds. The Hall–Kier alpha value is -1.10. The predicted molar refractivity (Wildman–Crippen MR) is 68.6 cm³/mol. The van der Waals surface area contributed by atoms with E-state index in [0.717, 1.165) is 25.7 Å². The highest BCUT2D eigenvalue weighted by Gasteiger charge is 2.39. The third-order valence-corrected chi connectivity index (χ3v) is 3.69. The number of rotatable bonds is 4. The van der Waals surface area contributed by atoms with E-state index in [0.29, 0.717) is 12.8 Å². The molecular weight excluding hydrogens is 232 g/mol. The summed E-state index contributed by atoms with van der Waals surface area (Å²) in [5.41, 5.74) is 4.49. The van der Waals surface area contributed by atoms with E-state index < -0.39 is 23.5 Å². The van der Waals surface area contributed by atoms with Crippen LogP contribution in [0.2, 0.25) is 0 Å². The van der Waals surface area contributed by atoms with Crippen LogP contribution >= 0.6 is 0 Å². The largest absolute Gasteiger partial charge is 0.383 e. The Morgan fingerprint density at radius 3 is 2.06 bits per heavy atom. The van der Waals surface area contributed by atoms with Crippen LogP contribution < -0.4 is 11.1 Å². The second-order valence-corrected chi connectivity index (χ2v) is 5.54. The van der Waals surface area contributed by atoms with Gasteiger partial charge in [-0.05, 0) is 18.8 Å². The van der Waals surface area contributed by atoms with Gasteiger partial charge in [-0.2, -0.15) is 0 Å². The van der Waals surface area contributed by atoms with Crippen molar-refractivity contribution in [3.8, 4) is 0 Å². The lowest BCUT2D eigenvalue weighted by molar-refractivity contribution is -0.138. The molecule has 4 N–H and O–H groups in total. The van der Waals surface area contributed by atoms with Gasteiger partial charge in [-0.25, -0.2) is 0 Å². The molecule has 5 nitrogen and oxygen atoms in total. The number of aliphatic hydroxyl groups excluding tert-OH is 1. The van der Waals surface area contributed by atoms with E-state index in [4.69, 9.17) is 5.73 Å². The van der Waals surface area contributed by atoms with Gasteiger partial charge in [0, 0.05) is 0 Å². The van der Waals surface area contributed by atoms with E-state index in [9.17, 15) is 14.7 Å². The van der Waals surface area contributed by atoms with Crippen LogP contribution in [0.4, 0.5) is 0 Å². The zero-order chi connectivity index (χ0) is 13.8. The second-order valence-electron chi connectivity index (χ2n) is 5.54. The molecule has 1 saturated carbocycles. The highest BCUT2D eigenvalue weighted by atomic mass is 16.3. The molecule has 1 fully saturated rings. The molecule has 1 aliphatic rings. The summed E-state index contributed by atoms with van der Waals surface area (Å²) in [7, 11) is 0. The van der Waals surface area contributed by atoms with Crippen LogP contribution in [0.25, 0.3) is 0 Å². The van der Waals surface area contributed by atoms with Gasteiger partial charge in [0.05, 0.1) is 0 Å². The van der Waals surface area contributed by atoms with Crippen LogP contribution in [0.5, 0.6) is 0 Å². The molecule has 0 aromatic heterocycles. The van der Waals surface area contributed by atoms with Crippen molar-refractivity contribution in [3.05, 3.63) is 0 Å². The molecule has 1 atom stereocenters. The normalized spacial score (nSPS) is 21.1. The first-order valence-electron chi connectivity index (χ1n) is 6.69. The van der Waals surface area contributed by atoms with Gasteiger partial charge >= 0.3 is 0 Å². The van der Waals surface area contributed by atoms with Crippen LogP contribution in [0.3, 0.4) is 0 Å². The molecule has 1 rings (SSSR count). The third-order valence-electron chi connectivity index (χ3n) is 3.69. The van der Waals surface area contributed by atoms with E-state index in [2.05, 4.69) is 5.32 Å². The van der Waals surface area contributed by atoms with Crippen LogP contribution in [-0.2, 0) is 9.59 Å². The van der Waals surface area contributed by atoms with E-state index in [-0.39, 0.29) is 5.92 Å². The SMILES string of the molecule is CC(C)[C@@H](O)C(=O)NC1(C(N)=O)CCCCCC1. The maximum Gasteiger partial charge on any atom is 0.249 e. The summed E-state index contributed by atoms with van der Waals surface area (Å²) in [4.78, 5) is 23.6. The molecule has 0 radical (unpaired) electrons. The molecule has 0 bridgehead atoms. The summed E-state index contributed by atoms with van der Waals surface area (Å²) >= 11 is 0. The minimum absolute atomic E-state index is 0.180. The Labute approximate surface area is 108 Å². The van der Waals surface area contributed by atoms with Gasteiger partial charge in [0.2, 0.25) is 11.8 Å². The number of nitrogens with one attached hydrogen (secondary N) is 1. The van der Waals surface area contributed by atoms with Crippen molar-refractivity contribution in [2.75, 3.05) is 0 Å². The summed E-state index contributed by atoms with van der Waals surface area (Å²) in [6, 6.07) is 0. The van der Waals surface area contributed by atoms with Crippen molar-refractivity contribution in [1.82, 2.24) is 5.32 Å². The van der Waals surface area contributed by atoms with Crippen LogP contribution in [-0.4, -0.2) is 28.6 Å². The van der Waals surface area contributed by atoms with Gasteiger partial charge in [0.25, 0.3) is 0 Å². The molecule has 5 heteroatoms. The summed E-state index contributed by atoms with van der Waals surface area (Å²) in [5, 5.41) is 12.4. The van der Waals surface area contributed by atoms with Crippen LogP contribution in [0.1, 0.15) is 52.4 Å². The monoisotopic (exact) mass is 256 g/mol. The predicted octanol–water partition coefficient (Wildman–Crippen LogP) is 0.698. The number of carbonyl (C=O) groups excluding carboxylic acids is 2. The number of amides is 2. The average molecular weight is 256 g/mol. The van der Waals surface area contributed by atoms with E-state index in [1.165, 1.54) is 0 Å². The summed E-state index contributed by atoms with van der Waals surface area (Å²) in [6.07, 6.45) is 3.90. The van der Waals surface area contributed by atoms with Gasteiger partial charge in [0.1, 0.15) is 11.6 Å². The fourth-order valence-electron chi connectivity index (χ4n) is 2.38. The molecule has 0 heterocycles. The topological polar surface area (TPSA) is 92.4 Å². The third kappa shape index (κ3) is 3.45. The number of aliphatic hydroxyl groups is 1. The zero-order valence-corrected chi connectivity index (χ0v) is 11.2. The standard InChI is InChI=1S/C13H24N2O3/c1-9(2)10(16)11(17)15-13(12(14)18)7-5-3-4-6-8-13/h9-10,16H,3-8H2,1-2H3,(H2,14,18)(H,15,17)/t10-/m1/s1. The molecule has 0 spiro atoms. The van der Waals surface area contributed by atoms with Crippen LogP contribution in [0.15, 0.2) is 0 Å². The Morgan fingerprint density at radius 2 is 1.67 bits per heavy atom. The molecule has 0 aromatic carbocycles. The molecule has 0 aliphatic heterocycles. The highest BCUT2D eigenvalue weighted by molar-refractivity contribution is 5.91. The fraction of sp³-hybridized carbons (Fsp3) is 0.846. The van der Waals surface area contributed by atoms with Crippen molar-refractivity contribution in [3.63, 3.8) is 0 Å². The van der Waals surface area contributed by atoms with Crippen molar-refractivity contribution < 1.29 is 14.7 Å². The quantitative estimate of drug-likeness (QED) is 0.646. The smallest absolute Gasteiger partial charge is 0.249 e. The highest BCUT2D eigenvalue weighted by Crippen LogP contribution is 2.27.